The van der Waals surface area contributed by atoms with Gasteiger partial charge in [0.15, 0.2) is 0 Å². The maximum Gasteiger partial charge on any atom is 0.269 e. The van der Waals surface area contributed by atoms with Crippen molar-refractivity contribution in [3.8, 4) is 5.75 Å². The first kappa shape index (κ1) is 16.7. The van der Waals surface area contributed by atoms with Crippen LogP contribution in [0.3, 0.4) is 0 Å². The number of hydrogen-bond acceptors (Lipinski definition) is 5. The van der Waals surface area contributed by atoms with Crippen LogP contribution in [0.5, 0.6) is 5.75 Å². The Kier molecular flexibility index (Phi) is 6.15. The second-order valence-electron chi connectivity index (χ2n) is 5.95. The topological polar surface area (TPSA) is 75.8 Å². The number of aliphatic hydroxyl groups is 1. The summed E-state index contributed by atoms with van der Waals surface area (Å²) in [7, 11) is 2.05. The summed E-state index contributed by atoms with van der Waals surface area (Å²) in [4.78, 5) is 12.3. The number of hydrogen-bond donors (Lipinski definition) is 1. The molecule has 122 valence electrons. The van der Waals surface area contributed by atoms with Gasteiger partial charge < -0.3 is 14.7 Å². The van der Waals surface area contributed by atoms with Crippen molar-refractivity contribution >= 4 is 5.69 Å². The van der Waals surface area contributed by atoms with Crippen molar-refractivity contribution in [2.45, 2.75) is 44.2 Å². The Labute approximate surface area is 130 Å². The monoisotopic (exact) mass is 308 g/mol. The van der Waals surface area contributed by atoms with Crippen molar-refractivity contribution in [3.05, 3.63) is 34.4 Å². The number of aliphatic hydroxyl groups excluding tert-OH is 1. The van der Waals surface area contributed by atoms with E-state index < -0.39 is 11.0 Å². The van der Waals surface area contributed by atoms with Gasteiger partial charge in [0.05, 0.1) is 4.92 Å². The van der Waals surface area contributed by atoms with Crippen LogP contribution in [0.25, 0.3) is 0 Å². The summed E-state index contributed by atoms with van der Waals surface area (Å²) in [5.74, 6) is 0.532. The number of nitrogens with zero attached hydrogens (tertiary/aromatic N) is 2. The highest BCUT2D eigenvalue weighted by atomic mass is 16.6. The van der Waals surface area contributed by atoms with Crippen molar-refractivity contribution in [2.24, 2.45) is 0 Å². The third-order valence-corrected chi connectivity index (χ3v) is 4.19. The first-order chi connectivity index (χ1) is 10.6. The Balaban J connectivity index is 1.74. The molecular weight excluding hydrogens is 284 g/mol. The summed E-state index contributed by atoms with van der Waals surface area (Å²) in [6.45, 7) is 0.770. The highest BCUT2D eigenvalue weighted by Gasteiger charge is 2.20. The molecule has 1 aliphatic rings. The molecule has 1 N–H and O–H groups in total. The molecule has 0 bridgehead atoms. The summed E-state index contributed by atoms with van der Waals surface area (Å²) in [5, 5.41) is 20.6. The Hall–Kier alpha value is -1.66. The molecule has 0 radical (unpaired) electrons. The Morgan fingerprint density at radius 1 is 1.32 bits per heavy atom. The number of nitro groups is 1. The molecule has 0 aromatic heterocycles. The van der Waals surface area contributed by atoms with Gasteiger partial charge in [0.1, 0.15) is 18.5 Å². The van der Waals surface area contributed by atoms with Crippen molar-refractivity contribution in [3.63, 3.8) is 0 Å². The van der Waals surface area contributed by atoms with E-state index in [1.807, 2.05) is 7.05 Å². The van der Waals surface area contributed by atoms with Crippen LogP contribution >= 0.6 is 0 Å². The number of non-ortho nitro benzene ring substituents is 1. The average Bonchev–Trinajstić information content (AvgIpc) is 2.54. The Morgan fingerprint density at radius 2 is 1.95 bits per heavy atom. The largest absolute Gasteiger partial charge is 0.491 e. The highest BCUT2D eigenvalue weighted by Crippen LogP contribution is 2.22. The van der Waals surface area contributed by atoms with Crippen LogP contribution in [0.2, 0.25) is 0 Å². The highest BCUT2D eigenvalue weighted by molar-refractivity contribution is 5.35. The van der Waals surface area contributed by atoms with E-state index in [-0.39, 0.29) is 12.3 Å². The van der Waals surface area contributed by atoms with Gasteiger partial charge in [-0.05, 0) is 32.0 Å². The smallest absolute Gasteiger partial charge is 0.269 e. The second kappa shape index (κ2) is 8.10. The molecule has 1 aliphatic carbocycles. The minimum atomic E-state index is -0.567. The molecule has 0 aliphatic heterocycles. The van der Waals surface area contributed by atoms with Gasteiger partial charge in [-0.1, -0.05) is 19.3 Å². The van der Waals surface area contributed by atoms with Crippen LogP contribution < -0.4 is 4.74 Å². The lowest BCUT2D eigenvalue weighted by molar-refractivity contribution is -0.384. The van der Waals surface area contributed by atoms with Crippen molar-refractivity contribution in [1.82, 2.24) is 4.90 Å². The van der Waals surface area contributed by atoms with E-state index in [1.54, 1.807) is 12.1 Å². The molecule has 1 atom stereocenters. The van der Waals surface area contributed by atoms with Gasteiger partial charge in [0, 0.05) is 24.7 Å². The van der Waals surface area contributed by atoms with Gasteiger partial charge in [-0.15, -0.1) is 0 Å². The van der Waals surface area contributed by atoms with E-state index in [2.05, 4.69) is 4.90 Å². The van der Waals surface area contributed by atoms with Crippen LogP contribution in [0.4, 0.5) is 5.69 Å². The lowest BCUT2D eigenvalue weighted by Gasteiger charge is -2.32. The lowest BCUT2D eigenvalue weighted by Crippen LogP contribution is -2.40. The lowest BCUT2D eigenvalue weighted by atomic mass is 9.94. The zero-order valence-corrected chi connectivity index (χ0v) is 13.0. The summed E-state index contributed by atoms with van der Waals surface area (Å²) >= 11 is 0. The summed E-state index contributed by atoms with van der Waals surface area (Å²) in [6.07, 6.45) is 5.69. The summed E-state index contributed by atoms with van der Waals surface area (Å²) in [6, 6.07) is 6.46. The standard InChI is InChI=1S/C16H24N2O4/c1-17(13-5-3-2-4-6-13)11-15(19)12-22-16-9-7-14(8-10-16)18(20)21/h7-10,13,15,19H,2-6,11-12H2,1H3/t15-/m0/s1. The Bertz CT molecular complexity index is 472. The van der Waals surface area contributed by atoms with Crippen LogP contribution in [-0.2, 0) is 0 Å². The maximum absolute atomic E-state index is 10.6. The van der Waals surface area contributed by atoms with E-state index in [9.17, 15) is 15.2 Å². The predicted octanol–water partition coefficient (Wildman–Crippen LogP) is 2.60. The van der Waals surface area contributed by atoms with Gasteiger partial charge in [0.25, 0.3) is 5.69 Å². The number of rotatable bonds is 7. The molecule has 0 amide bonds. The molecular formula is C16H24N2O4. The van der Waals surface area contributed by atoms with Crippen molar-refractivity contribution in [1.29, 1.82) is 0 Å². The molecule has 6 heteroatoms. The molecule has 1 saturated carbocycles. The average molecular weight is 308 g/mol. The summed E-state index contributed by atoms with van der Waals surface area (Å²) < 4.78 is 5.49. The van der Waals surface area contributed by atoms with Gasteiger partial charge in [-0.3, -0.25) is 10.1 Å². The third-order valence-electron chi connectivity index (χ3n) is 4.19. The molecule has 0 saturated heterocycles. The fourth-order valence-corrected chi connectivity index (χ4v) is 2.91. The third kappa shape index (κ3) is 4.96. The van der Waals surface area contributed by atoms with Crippen LogP contribution in [0.15, 0.2) is 24.3 Å². The molecule has 1 aromatic carbocycles. The molecule has 1 aromatic rings. The van der Waals surface area contributed by atoms with Crippen molar-refractivity contribution < 1.29 is 14.8 Å². The maximum atomic E-state index is 10.6. The van der Waals surface area contributed by atoms with Gasteiger partial charge in [-0.25, -0.2) is 0 Å². The number of ether oxygens (including phenoxy) is 1. The Morgan fingerprint density at radius 3 is 2.55 bits per heavy atom. The van der Waals surface area contributed by atoms with Gasteiger partial charge in [-0.2, -0.15) is 0 Å². The molecule has 2 rings (SSSR count). The van der Waals surface area contributed by atoms with Gasteiger partial charge in [0.2, 0.25) is 0 Å². The predicted molar refractivity (Wildman–Crippen MR) is 84.1 cm³/mol. The molecule has 0 spiro atoms. The van der Waals surface area contributed by atoms with Crippen LogP contribution in [0, 0.1) is 10.1 Å². The van der Waals surface area contributed by atoms with E-state index in [1.165, 1.54) is 44.2 Å². The minimum absolute atomic E-state index is 0.0323. The van der Waals surface area contributed by atoms with Crippen LogP contribution in [0.1, 0.15) is 32.1 Å². The molecule has 22 heavy (non-hydrogen) atoms. The minimum Gasteiger partial charge on any atom is -0.491 e. The van der Waals surface area contributed by atoms with Crippen LogP contribution in [-0.4, -0.2) is 47.3 Å². The molecule has 0 heterocycles. The molecule has 0 unspecified atom stereocenters. The quantitative estimate of drug-likeness (QED) is 0.619. The first-order valence-corrected chi connectivity index (χ1v) is 7.82. The van der Waals surface area contributed by atoms with E-state index in [4.69, 9.17) is 4.74 Å². The van der Waals surface area contributed by atoms with Crippen molar-refractivity contribution in [2.75, 3.05) is 20.2 Å². The second-order valence-corrected chi connectivity index (χ2v) is 5.95. The molecule has 1 fully saturated rings. The number of nitro benzene ring substituents is 1. The fourth-order valence-electron chi connectivity index (χ4n) is 2.91. The van der Waals surface area contributed by atoms with Gasteiger partial charge >= 0.3 is 0 Å². The van der Waals surface area contributed by atoms with E-state index in [0.29, 0.717) is 18.3 Å². The molecule has 6 nitrogen and oxygen atoms in total. The van der Waals surface area contributed by atoms with E-state index in [0.717, 1.165) is 0 Å². The normalized spacial score (nSPS) is 17.4. The fraction of sp³-hybridized carbons (Fsp3) is 0.625. The number of likely N-dealkylation sites (N-methyl/N-ethyl adjacent to an activating group) is 1. The number of benzene rings is 1. The first-order valence-electron chi connectivity index (χ1n) is 7.82. The SMILES string of the molecule is CN(C[C@H](O)COc1ccc([N+](=O)[O-])cc1)C1CCCCC1. The summed E-state index contributed by atoms with van der Waals surface area (Å²) in [5.41, 5.74) is 0.0323. The van der Waals surface area contributed by atoms with E-state index >= 15 is 0 Å². The zero-order valence-electron chi connectivity index (χ0n) is 13.0. The zero-order chi connectivity index (χ0) is 15.9.